The van der Waals surface area contributed by atoms with Crippen LogP contribution < -0.4 is 10.4 Å². The SMILES string of the molecule is CCC(C)C(=O)O[C@H]1[C@@H](OC(=O)C=C(C)C)c2c(ccc3ccc(=O)oc23)OC1(C)C. The monoisotopic (exact) mass is 428 g/mol. The van der Waals surface area contributed by atoms with Crippen molar-refractivity contribution >= 4 is 22.9 Å². The first kappa shape index (κ1) is 22.6. The molecule has 166 valence electrons. The molecule has 0 amide bonds. The van der Waals surface area contributed by atoms with Gasteiger partial charge in [0.15, 0.2) is 12.2 Å². The van der Waals surface area contributed by atoms with Crippen LogP contribution in [0, 0.1) is 5.92 Å². The molecule has 0 saturated carbocycles. The first-order valence-electron chi connectivity index (χ1n) is 10.3. The number of hydrogen-bond acceptors (Lipinski definition) is 7. The highest BCUT2D eigenvalue weighted by Gasteiger charge is 2.50. The summed E-state index contributed by atoms with van der Waals surface area (Å²) >= 11 is 0. The summed E-state index contributed by atoms with van der Waals surface area (Å²) < 4.78 is 23.2. The highest BCUT2D eigenvalue weighted by atomic mass is 16.6. The predicted octanol–water partition coefficient (Wildman–Crippen LogP) is 4.47. The number of esters is 2. The first-order chi connectivity index (χ1) is 14.5. The van der Waals surface area contributed by atoms with E-state index >= 15 is 0 Å². The summed E-state index contributed by atoms with van der Waals surface area (Å²) in [6.45, 7) is 10.7. The molecule has 3 rings (SSSR count). The summed E-state index contributed by atoms with van der Waals surface area (Å²) in [5, 5.41) is 0.636. The quantitative estimate of drug-likeness (QED) is 0.394. The number of benzene rings is 1. The molecule has 0 N–H and O–H groups in total. The maximum Gasteiger partial charge on any atom is 0.336 e. The molecule has 31 heavy (non-hydrogen) atoms. The maximum atomic E-state index is 12.7. The second kappa shape index (κ2) is 8.57. The van der Waals surface area contributed by atoms with Crippen molar-refractivity contribution in [1.82, 2.24) is 0 Å². The molecule has 1 aliphatic rings. The molecule has 7 heteroatoms. The van der Waals surface area contributed by atoms with Crippen LogP contribution in [0.3, 0.4) is 0 Å². The van der Waals surface area contributed by atoms with Crippen LogP contribution in [0.15, 0.2) is 45.1 Å². The largest absolute Gasteiger partial charge is 0.483 e. The van der Waals surface area contributed by atoms with Crippen molar-refractivity contribution in [2.75, 3.05) is 0 Å². The van der Waals surface area contributed by atoms with Gasteiger partial charge >= 0.3 is 17.6 Å². The van der Waals surface area contributed by atoms with Crippen molar-refractivity contribution in [3.8, 4) is 5.75 Å². The molecule has 1 aliphatic heterocycles. The lowest BCUT2D eigenvalue weighted by Gasteiger charge is -2.43. The van der Waals surface area contributed by atoms with E-state index in [1.165, 1.54) is 12.1 Å². The minimum absolute atomic E-state index is 0.236. The fraction of sp³-hybridized carbons (Fsp3) is 0.458. The third-order valence-corrected chi connectivity index (χ3v) is 5.31. The van der Waals surface area contributed by atoms with Gasteiger partial charge in [-0.25, -0.2) is 9.59 Å². The van der Waals surface area contributed by atoms with Crippen molar-refractivity contribution < 1.29 is 28.2 Å². The summed E-state index contributed by atoms with van der Waals surface area (Å²) in [5.41, 5.74) is -0.191. The second-order valence-electron chi connectivity index (χ2n) is 8.60. The fourth-order valence-corrected chi connectivity index (χ4v) is 3.48. The highest BCUT2D eigenvalue weighted by molar-refractivity contribution is 5.86. The highest BCUT2D eigenvalue weighted by Crippen LogP contribution is 2.46. The van der Waals surface area contributed by atoms with Gasteiger partial charge in [-0.1, -0.05) is 19.4 Å². The number of allylic oxidation sites excluding steroid dienone is 1. The Morgan fingerprint density at radius 2 is 1.84 bits per heavy atom. The normalized spacial score (nSPS) is 20.2. The standard InChI is InChI=1S/C24H28O7/c1-7-14(4)23(27)30-22-21(29-18(26)12-13(2)3)19-16(31-24(22,5)6)10-8-15-9-11-17(25)28-20(15)19/h8-12,14,21-22H,7H2,1-6H3/t14?,21-,22-/m0/s1. The lowest BCUT2D eigenvalue weighted by Crippen LogP contribution is -2.52. The second-order valence-corrected chi connectivity index (χ2v) is 8.60. The Balaban J connectivity index is 2.19. The number of ether oxygens (including phenoxy) is 3. The Kier molecular flexibility index (Phi) is 6.25. The van der Waals surface area contributed by atoms with Gasteiger partial charge in [0, 0.05) is 17.5 Å². The lowest BCUT2D eigenvalue weighted by atomic mass is 9.87. The summed E-state index contributed by atoms with van der Waals surface area (Å²) in [6.07, 6.45) is -0.0169. The van der Waals surface area contributed by atoms with E-state index in [1.807, 2.05) is 6.92 Å². The molecule has 7 nitrogen and oxygen atoms in total. The summed E-state index contributed by atoms with van der Waals surface area (Å²) in [7, 11) is 0. The lowest BCUT2D eigenvalue weighted by molar-refractivity contribution is -0.191. The Morgan fingerprint density at radius 3 is 2.48 bits per heavy atom. The number of carbonyl (C=O) groups is 2. The van der Waals surface area contributed by atoms with Crippen molar-refractivity contribution in [1.29, 1.82) is 0 Å². The van der Waals surface area contributed by atoms with Gasteiger partial charge in [0.25, 0.3) is 0 Å². The zero-order valence-corrected chi connectivity index (χ0v) is 18.7. The topological polar surface area (TPSA) is 92.0 Å². The summed E-state index contributed by atoms with van der Waals surface area (Å²) in [5.74, 6) is -0.944. The molecule has 0 fully saturated rings. The number of fused-ring (bicyclic) bond motifs is 3. The van der Waals surface area contributed by atoms with E-state index in [0.29, 0.717) is 23.1 Å². The van der Waals surface area contributed by atoms with Crippen LogP contribution in [-0.2, 0) is 19.1 Å². The van der Waals surface area contributed by atoms with Crippen molar-refractivity contribution in [3.05, 3.63) is 51.9 Å². The number of carbonyl (C=O) groups excluding carboxylic acids is 2. The molecule has 1 unspecified atom stereocenters. The Labute approximate surface area is 181 Å². The molecule has 1 aromatic heterocycles. The molecule has 0 aliphatic carbocycles. The molecule has 3 atom stereocenters. The van der Waals surface area contributed by atoms with Gasteiger partial charge in [0.05, 0.1) is 11.5 Å². The van der Waals surface area contributed by atoms with E-state index < -0.39 is 35.4 Å². The van der Waals surface area contributed by atoms with Gasteiger partial charge in [-0.3, -0.25) is 4.79 Å². The van der Waals surface area contributed by atoms with E-state index in [2.05, 4.69) is 0 Å². The van der Waals surface area contributed by atoms with Crippen LogP contribution in [0.1, 0.15) is 59.6 Å². The zero-order valence-electron chi connectivity index (χ0n) is 18.7. The van der Waals surface area contributed by atoms with E-state index in [1.54, 1.807) is 52.8 Å². The molecule has 0 radical (unpaired) electrons. The molecule has 0 bridgehead atoms. The predicted molar refractivity (Wildman–Crippen MR) is 115 cm³/mol. The van der Waals surface area contributed by atoms with Crippen LogP contribution in [0.25, 0.3) is 11.0 Å². The van der Waals surface area contributed by atoms with E-state index in [9.17, 15) is 14.4 Å². The molecule has 1 aromatic carbocycles. The van der Waals surface area contributed by atoms with Crippen molar-refractivity contribution in [2.45, 2.75) is 65.8 Å². The molecule has 0 saturated heterocycles. The molecule has 2 aromatic rings. The summed E-state index contributed by atoms with van der Waals surface area (Å²) in [6, 6.07) is 6.42. The molecule has 0 spiro atoms. The average molecular weight is 428 g/mol. The van der Waals surface area contributed by atoms with Gasteiger partial charge in [-0.2, -0.15) is 0 Å². The van der Waals surface area contributed by atoms with Gasteiger partial charge in [0.1, 0.15) is 16.9 Å². The third-order valence-electron chi connectivity index (χ3n) is 5.31. The number of rotatable bonds is 5. The Hall–Kier alpha value is -3.09. The van der Waals surface area contributed by atoms with Crippen molar-refractivity contribution in [2.24, 2.45) is 5.92 Å². The Bertz CT molecular complexity index is 1090. The van der Waals surface area contributed by atoms with Crippen LogP contribution in [-0.4, -0.2) is 23.6 Å². The number of hydrogen-bond donors (Lipinski definition) is 0. The van der Waals surface area contributed by atoms with Gasteiger partial charge in [-0.05, 0) is 52.3 Å². The van der Waals surface area contributed by atoms with Crippen molar-refractivity contribution in [3.63, 3.8) is 0 Å². The van der Waals surface area contributed by atoms with Crippen LogP contribution in [0.4, 0.5) is 0 Å². The summed E-state index contributed by atoms with van der Waals surface area (Å²) in [4.78, 5) is 37.2. The van der Waals surface area contributed by atoms with Crippen LogP contribution >= 0.6 is 0 Å². The minimum Gasteiger partial charge on any atom is -0.483 e. The first-order valence-corrected chi connectivity index (χ1v) is 10.3. The average Bonchev–Trinajstić information content (AvgIpc) is 2.68. The molecular weight excluding hydrogens is 400 g/mol. The van der Waals surface area contributed by atoms with Crippen LogP contribution in [0.5, 0.6) is 5.75 Å². The molecular formula is C24H28O7. The van der Waals surface area contributed by atoms with E-state index in [4.69, 9.17) is 18.6 Å². The Morgan fingerprint density at radius 1 is 1.16 bits per heavy atom. The zero-order chi connectivity index (χ0) is 22.9. The maximum absolute atomic E-state index is 12.7. The smallest absolute Gasteiger partial charge is 0.336 e. The van der Waals surface area contributed by atoms with Gasteiger partial charge in [-0.15, -0.1) is 0 Å². The fourth-order valence-electron chi connectivity index (χ4n) is 3.48. The van der Waals surface area contributed by atoms with Crippen LogP contribution in [0.2, 0.25) is 0 Å². The minimum atomic E-state index is -1.02. The van der Waals surface area contributed by atoms with E-state index in [-0.39, 0.29) is 11.5 Å². The van der Waals surface area contributed by atoms with E-state index in [0.717, 1.165) is 5.57 Å². The van der Waals surface area contributed by atoms with Gasteiger partial charge in [0.2, 0.25) is 0 Å². The van der Waals surface area contributed by atoms with Gasteiger partial charge < -0.3 is 18.6 Å². The molecule has 2 heterocycles. The third kappa shape index (κ3) is 4.65.